The Morgan fingerprint density at radius 3 is 2.19 bits per heavy atom. The smallest absolute Gasteiger partial charge is 0.410 e. The molecule has 0 aromatic heterocycles. The molecule has 1 rings (SSSR count). The fourth-order valence-electron chi connectivity index (χ4n) is 3.43. The second-order valence-electron chi connectivity index (χ2n) is 8.15. The Kier molecular flexibility index (Phi) is 9.46. The molecule has 0 aromatic rings. The van der Waals surface area contributed by atoms with E-state index in [4.69, 9.17) is 13.8 Å². The molecule has 0 N–H and O–H groups in total. The summed E-state index contributed by atoms with van der Waals surface area (Å²) in [5, 5.41) is 0. The third-order valence-corrected chi connectivity index (χ3v) is 6.61. The quantitative estimate of drug-likeness (QED) is 0.384. The molecule has 2 atom stereocenters. The van der Waals surface area contributed by atoms with E-state index in [9.17, 15) is 14.2 Å². The van der Waals surface area contributed by atoms with E-state index in [1.165, 1.54) is 14.2 Å². The van der Waals surface area contributed by atoms with Crippen molar-refractivity contribution in [3.63, 3.8) is 0 Å². The van der Waals surface area contributed by atoms with Crippen molar-refractivity contribution in [2.75, 3.05) is 20.4 Å². The van der Waals surface area contributed by atoms with E-state index in [1.54, 1.807) is 4.90 Å². The molecule has 158 valence electrons. The van der Waals surface area contributed by atoms with Gasteiger partial charge in [-0.3, -0.25) is 9.36 Å². The van der Waals surface area contributed by atoms with Crippen LogP contribution in [0.5, 0.6) is 0 Å². The molecule has 0 aromatic carbocycles. The van der Waals surface area contributed by atoms with Crippen LogP contribution in [0, 0.1) is 0 Å². The Balaban J connectivity index is 2.84. The first-order chi connectivity index (χ1) is 12.5. The normalized spacial score (nSPS) is 20.7. The molecule has 1 fully saturated rings. The average molecular weight is 405 g/mol. The molecule has 7 nitrogen and oxygen atoms in total. The molecule has 2 unspecified atom stereocenters. The highest BCUT2D eigenvalue weighted by Gasteiger charge is 2.40. The molecular formula is C19H36NO6P. The van der Waals surface area contributed by atoms with E-state index in [0.29, 0.717) is 0 Å². The van der Waals surface area contributed by atoms with E-state index in [-0.39, 0.29) is 36.5 Å². The number of ketones is 1. The van der Waals surface area contributed by atoms with Gasteiger partial charge in [0.15, 0.2) is 0 Å². The van der Waals surface area contributed by atoms with E-state index in [1.807, 2.05) is 20.8 Å². The van der Waals surface area contributed by atoms with Crippen molar-refractivity contribution in [3.05, 3.63) is 0 Å². The molecule has 8 heteroatoms. The Bertz CT molecular complexity index is 537. The molecule has 0 spiro atoms. The van der Waals surface area contributed by atoms with Crippen molar-refractivity contribution < 1.29 is 27.9 Å². The van der Waals surface area contributed by atoms with E-state index in [0.717, 1.165) is 38.5 Å². The molecule has 0 bridgehead atoms. The summed E-state index contributed by atoms with van der Waals surface area (Å²) in [4.78, 5) is 27.0. The largest absolute Gasteiger partial charge is 0.444 e. The predicted molar refractivity (Wildman–Crippen MR) is 105 cm³/mol. The zero-order valence-corrected chi connectivity index (χ0v) is 18.5. The highest BCUT2D eigenvalue weighted by atomic mass is 31.2. The minimum absolute atomic E-state index is 0.0841. The van der Waals surface area contributed by atoms with E-state index >= 15 is 0 Å². The maximum atomic E-state index is 12.8. The van der Waals surface area contributed by atoms with Gasteiger partial charge >= 0.3 is 13.7 Å². The van der Waals surface area contributed by atoms with Gasteiger partial charge in [0.25, 0.3) is 0 Å². The molecule has 1 saturated heterocycles. The molecule has 1 heterocycles. The van der Waals surface area contributed by atoms with Crippen LogP contribution in [0.4, 0.5) is 4.79 Å². The maximum absolute atomic E-state index is 12.8. The van der Waals surface area contributed by atoms with Gasteiger partial charge in [0.2, 0.25) is 0 Å². The molecule has 1 aliphatic heterocycles. The lowest BCUT2D eigenvalue weighted by Gasteiger charge is -2.32. The summed E-state index contributed by atoms with van der Waals surface area (Å²) >= 11 is 0. The third-order valence-electron chi connectivity index (χ3n) is 4.75. The lowest BCUT2D eigenvalue weighted by molar-refractivity contribution is -0.117. The number of carbonyl (C=O) groups excluding carboxylic acids is 2. The van der Waals surface area contributed by atoms with E-state index in [2.05, 4.69) is 6.92 Å². The van der Waals surface area contributed by atoms with Crippen molar-refractivity contribution in [1.29, 1.82) is 0 Å². The summed E-state index contributed by atoms with van der Waals surface area (Å²) in [5.41, 5.74) is -0.593. The third kappa shape index (κ3) is 7.92. The first-order valence-corrected chi connectivity index (χ1v) is 11.5. The predicted octanol–water partition coefficient (Wildman–Crippen LogP) is 4.78. The lowest BCUT2D eigenvalue weighted by Crippen LogP contribution is -2.45. The molecule has 27 heavy (non-hydrogen) atoms. The first kappa shape index (κ1) is 24.1. The molecule has 0 aliphatic carbocycles. The fraction of sp³-hybridized carbons (Fsp3) is 0.895. The first-order valence-electron chi connectivity index (χ1n) is 9.78. The van der Waals surface area contributed by atoms with Crippen molar-refractivity contribution in [1.82, 2.24) is 4.90 Å². The van der Waals surface area contributed by atoms with Crippen LogP contribution in [0.15, 0.2) is 0 Å². The summed E-state index contributed by atoms with van der Waals surface area (Å²) in [5.74, 6) is -0.227. The number of amides is 1. The van der Waals surface area contributed by atoms with Crippen molar-refractivity contribution >= 4 is 19.5 Å². The van der Waals surface area contributed by atoms with Gasteiger partial charge in [-0.15, -0.1) is 0 Å². The monoisotopic (exact) mass is 405 g/mol. The Morgan fingerprint density at radius 1 is 1.07 bits per heavy atom. The van der Waals surface area contributed by atoms with Gasteiger partial charge < -0.3 is 18.7 Å². The zero-order chi connectivity index (χ0) is 20.7. The number of hydrogen-bond acceptors (Lipinski definition) is 6. The van der Waals surface area contributed by atoms with Gasteiger partial charge in [0, 0.05) is 32.7 Å². The molecular weight excluding hydrogens is 369 g/mol. The van der Waals surface area contributed by atoms with Gasteiger partial charge in [-0.05, 0) is 40.0 Å². The van der Waals surface area contributed by atoms with Crippen molar-refractivity contribution in [3.8, 4) is 0 Å². The zero-order valence-electron chi connectivity index (χ0n) is 17.7. The van der Waals surface area contributed by atoms with Crippen molar-refractivity contribution in [2.24, 2.45) is 0 Å². The molecule has 0 radical (unpaired) electrons. The van der Waals surface area contributed by atoms with Gasteiger partial charge in [-0.1, -0.05) is 26.2 Å². The molecule has 0 saturated carbocycles. The molecule has 1 aliphatic rings. The van der Waals surface area contributed by atoms with Crippen molar-refractivity contribution in [2.45, 2.75) is 90.3 Å². The highest BCUT2D eigenvalue weighted by Crippen LogP contribution is 2.46. The number of carbonyl (C=O) groups is 2. The number of Topliss-reactive ketones (excluding diaryl/α,β-unsaturated/α-hetero) is 1. The fourth-order valence-corrected chi connectivity index (χ4v) is 4.40. The van der Waals surface area contributed by atoms with Gasteiger partial charge in [0.1, 0.15) is 17.5 Å². The van der Waals surface area contributed by atoms with Gasteiger partial charge in [-0.25, -0.2) is 4.79 Å². The summed E-state index contributed by atoms with van der Waals surface area (Å²) in [7, 11) is -0.857. The van der Waals surface area contributed by atoms with Crippen LogP contribution < -0.4 is 0 Å². The summed E-state index contributed by atoms with van der Waals surface area (Å²) in [6.45, 7) is 7.65. The Morgan fingerprint density at radius 2 is 1.67 bits per heavy atom. The van der Waals surface area contributed by atoms with Crippen LogP contribution in [-0.2, 0) is 23.1 Å². The standard InChI is InChI=1S/C19H36NO6P/c1-7-8-9-10-15-11-12-16(20(15)18(22)26-19(2,3)4)13-17(21)14-27(23,24-5)25-6/h15-16H,7-14H2,1-6H3. The van der Waals surface area contributed by atoms with Gasteiger partial charge in [-0.2, -0.15) is 0 Å². The number of ether oxygens (including phenoxy) is 1. The van der Waals surface area contributed by atoms with E-state index < -0.39 is 13.2 Å². The highest BCUT2D eigenvalue weighted by molar-refractivity contribution is 7.54. The van der Waals surface area contributed by atoms with Crippen LogP contribution in [0.1, 0.15) is 72.6 Å². The van der Waals surface area contributed by atoms with Crippen LogP contribution in [0.2, 0.25) is 0 Å². The minimum atomic E-state index is -3.39. The van der Waals surface area contributed by atoms with Crippen LogP contribution in [0.3, 0.4) is 0 Å². The Labute approximate surface area is 163 Å². The van der Waals surface area contributed by atoms with Crippen LogP contribution >= 0.6 is 7.60 Å². The number of nitrogens with zero attached hydrogens (tertiary/aromatic N) is 1. The average Bonchev–Trinajstić information content (AvgIpc) is 2.95. The SMILES string of the molecule is CCCCCC1CCC(CC(=O)CP(=O)(OC)OC)N1C(=O)OC(C)(C)C. The summed E-state index contributed by atoms with van der Waals surface area (Å²) in [6, 6.07) is -0.151. The maximum Gasteiger partial charge on any atom is 0.410 e. The Hall–Kier alpha value is -0.910. The number of unbranched alkanes of at least 4 members (excludes halogenated alkanes) is 2. The lowest BCUT2D eigenvalue weighted by atomic mass is 10.1. The summed E-state index contributed by atoms with van der Waals surface area (Å²) < 4.78 is 27.5. The second kappa shape index (κ2) is 10.6. The van der Waals surface area contributed by atoms with Gasteiger partial charge in [0.05, 0.1) is 0 Å². The number of rotatable bonds is 10. The molecule has 1 amide bonds. The van der Waals surface area contributed by atoms with Crippen LogP contribution in [0.25, 0.3) is 0 Å². The second-order valence-corrected chi connectivity index (χ2v) is 10.4. The number of likely N-dealkylation sites (tertiary alicyclic amines) is 1. The van der Waals surface area contributed by atoms with Crippen LogP contribution in [-0.4, -0.2) is 54.8 Å². The number of hydrogen-bond donors (Lipinski definition) is 0. The summed E-state index contributed by atoms with van der Waals surface area (Å²) in [6.07, 6.45) is 5.27. The topological polar surface area (TPSA) is 82.1 Å². The minimum Gasteiger partial charge on any atom is -0.444 e.